The Bertz CT molecular complexity index is 404. The summed E-state index contributed by atoms with van der Waals surface area (Å²) in [7, 11) is 0. The largest absolute Gasteiger partial charge is 0.491 e. The number of nitrogens with two attached hydrogens (primary N) is 1. The minimum absolute atomic E-state index is 0.217. The summed E-state index contributed by atoms with van der Waals surface area (Å²) in [4.78, 5) is 10.7. The molecular formula is C11H14FNO3. The molecule has 0 saturated heterocycles. The number of ether oxygens (including phenoxy) is 1. The van der Waals surface area contributed by atoms with Crippen LogP contribution in [0.5, 0.6) is 5.75 Å². The van der Waals surface area contributed by atoms with Crippen LogP contribution >= 0.6 is 0 Å². The van der Waals surface area contributed by atoms with E-state index in [9.17, 15) is 9.18 Å². The molecule has 88 valence electrons. The average Bonchev–Trinajstić information content (AvgIpc) is 2.20. The van der Waals surface area contributed by atoms with Crippen LogP contribution in [0.15, 0.2) is 18.2 Å². The van der Waals surface area contributed by atoms with Gasteiger partial charge in [-0.15, -0.1) is 0 Å². The van der Waals surface area contributed by atoms with E-state index in [-0.39, 0.29) is 12.4 Å². The summed E-state index contributed by atoms with van der Waals surface area (Å²) < 4.78 is 18.3. The van der Waals surface area contributed by atoms with Gasteiger partial charge >= 0.3 is 5.97 Å². The Kier molecular flexibility index (Phi) is 3.49. The lowest BCUT2D eigenvalue weighted by molar-refractivity contribution is -0.143. The summed E-state index contributed by atoms with van der Waals surface area (Å²) in [6.45, 7) is 2.74. The quantitative estimate of drug-likeness (QED) is 0.813. The predicted octanol–water partition coefficient (Wildman–Crippen LogP) is 1.31. The lowest BCUT2D eigenvalue weighted by atomic mass is 10.1. The number of carbonyl (C=O) groups is 1. The molecule has 1 atom stereocenters. The van der Waals surface area contributed by atoms with Crippen molar-refractivity contribution in [3.8, 4) is 5.75 Å². The van der Waals surface area contributed by atoms with Crippen molar-refractivity contribution in [1.82, 2.24) is 0 Å². The maximum atomic E-state index is 13.1. The first kappa shape index (κ1) is 12.4. The number of aryl methyl sites for hydroxylation is 1. The molecule has 1 rings (SSSR count). The fourth-order valence-corrected chi connectivity index (χ4v) is 0.958. The van der Waals surface area contributed by atoms with E-state index >= 15 is 0 Å². The Balaban J connectivity index is 2.68. The van der Waals surface area contributed by atoms with E-state index in [1.165, 1.54) is 13.0 Å². The van der Waals surface area contributed by atoms with Crippen molar-refractivity contribution in [2.24, 2.45) is 5.73 Å². The molecule has 1 unspecified atom stereocenters. The van der Waals surface area contributed by atoms with Gasteiger partial charge in [0.15, 0.2) is 0 Å². The molecule has 3 N–H and O–H groups in total. The Morgan fingerprint density at radius 1 is 1.62 bits per heavy atom. The zero-order valence-electron chi connectivity index (χ0n) is 9.16. The summed E-state index contributed by atoms with van der Waals surface area (Å²) in [6.07, 6.45) is 0. The van der Waals surface area contributed by atoms with Crippen LogP contribution in [0.25, 0.3) is 0 Å². The number of rotatable bonds is 4. The second-order valence-electron chi connectivity index (χ2n) is 3.92. The summed E-state index contributed by atoms with van der Waals surface area (Å²) in [5.41, 5.74) is 4.47. The molecule has 0 amide bonds. The molecule has 5 heteroatoms. The van der Waals surface area contributed by atoms with E-state index in [4.69, 9.17) is 15.6 Å². The van der Waals surface area contributed by atoms with E-state index in [1.54, 1.807) is 19.1 Å². The zero-order chi connectivity index (χ0) is 12.3. The number of carboxylic acids is 1. The van der Waals surface area contributed by atoms with Crippen molar-refractivity contribution in [1.29, 1.82) is 0 Å². The van der Waals surface area contributed by atoms with Gasteiger partial charge in [0.25, 0.3) is 0 Å². The molecule has 0 aliphatic heterocycles. The van der Waals surface area contributed by atoms with Gasteiger partial charge in [-0.25, -0.2) is 4.39 Å². The van der Waals surface area contributed by atoms with Crippen molar-refractivity contribution in [2.45, 2.75) is 19.4 Å². The van der Waals surface area contributed by atoms with Crippen LogP contribution in [0.3, 0.4) is 0 Å². The minimum Gasteiger partial charge on any atom is -0.491 e. The maximum absolute atomic E-state index is 13.1. The third-order valence-electron chi connectivity index (χ3n) is 2.17. The van der Waals surface area contributed by atoms with Crippen LogP contribution in [-0.4, -0.2) is 23.2 Å². The standard InChI is InChI=1S/C11H14FNO3/c1-7-3-4-8(5-9(7)12)16-6-11(2,13)10(14)15/h3-5H,6,13H2,1-2H3,(H,14,15). The van der Waals surface area contributed by atoms with Gasteiger partial charge in [0.1, 0.15) is 23.7 Å². The predicted molar refractivity (Wildman–Crippen MR) is 56.9 cm³/mol. The first-order valence-electron chi connectivity index (χ1n) is 4.74. The highest BCUT2D eigenvalue weighted by molar-refractivity contribution is 5.78. The van der Waals surface area contributed by atoms with Gasteiger partial charge in [-0.05, 0) is 25.5 Å². The van der Waals surface area contributed by atoms with Crippen LogP contribution in [-0.2, 0) is 4.79 Å². The van der Waals surface area contributed by atoms with Crippen LogP contribution < -0.4 is 10.5 Å². The molecule has 0 aliphatic carbocycles. The van der Waals surface area contributed by atoms with E-state index in [0.717, 1.165) is 0 Å². The molecule has 1 aromatic rings. The van der Waals surface area contributed by atoms with Crippen molar-refractivity contribution in [2.75, 3.05) is 6.61 Å². The average molecular weight is 227 g/mol. The van der Waals surface area contributed by atoms with Gasteiger partial charge in [0.2, 0.25) is 0 Å². The van der Waals surface area contributed by atoms with Crippen LogP contribution in [0.1, 0.15) is 12.5 Å². The fourth-order valence-electron chi connectivity index (χ4n) is 0.958. The van der Waals surface area contributed by atoms with Crippen molar-refractivity contribution >= 4 is 5.97 Å². The topological polar surface area (TPSA) is 72.5 Å². The van der Waals surface area contributed by atoms with Crippen LogP contribution in [0, 0.1) is 12.7 Å². The number of halogens is 1. The Labute approximate surface area is 92.8 Å². The second-order valence-corrected chi connectivity index (χ2v) is 3.92. The molecular weight excluding hydrogens is 213 g/mol. The van der Waals surface area contributed by atoms with E-state index in [1.807, 2.05) is 0 Å². The van der Waals surface area contributed by atoms with E-state index in [0.29, 0.717) is 5.56 Å². The number of carboxylic acid groups (broad SMARTS) is 1. The number of aliphatic carboxylic acids is 1. The Morgan fingerprint density at radius 3 is 2.75 bits per heavy atom. The number of benzene rings is 1. The van der Waals surface area contributed by atoms with Gasteiger partial charge in [-0.1, -0.05) is 6.07 Å². The Morgan fingerprint density at radius 2 is 2.25 bits per heavy atom. The molecule has 0 spiro atoms. The van der Waals surface area contributed by atoms with Gasteiger partial charge in [-0.3, -0.25) is 4.79 Å². The highest BCUT2D eigenvalue weighted by atomic mass is 19.1. The Hall–Kier alpha value is -1.62. The van der Waals surface area contributed by atoms with Crippen molar-refractivity contribution in [3.05, 3.63) is 29.6 Å². The SMILES string of the molecule is Cc1ccc(OCC(C)(N)C(=O)O)cc1F. The molecule has 0 bridgehead atoms. The molecule has 4 nitrogen and oxygen atoms in total. The van der Waals surface area contributed by atoms with E-state index in [2.05, 4.69) is 0 Å². The summed E-state index contributed by atoms with van der Waals surface area (Å²) in [5.74, 6) is -1.30. The van der Waals surface area contributed by atoms with Crippen LogP contribution in [0.4, 0.5) is 4.39 Å². The molecule has 0 heterocycles. The normalized spacial score (nSPS) is 14.2. The summed E-state index contributed by atoms with van der Waals surface area (Å²) in [5, 5.41) is 8.74. The van der Waals surface area contributed by atoms with Crippen LogP contribution in [0.2, 0.25) is 0 Å². The maximum Gasteiger partial charge on any atom is 0.326 e. The monoisotopic (exact) mass is 227 g/mol. The van der Waals surface area contributed by atoms with Gasteiger partial charge in [0, 0.05) is 6.07 Å². The number of hydrogen-bond acceptors (Lipinski definition) is 3. The molecule has 0 aliphatic rings. The van der Waals surface area contributed by atoms with E-state index < -0.39 is 17.3 Å². The highest BCUT2D eigenvalue weighted by Crippen LogP contribution is 2.16. The molecule has 0 fully saturated rings. The summed E-state index contributed by atoms with van der Waals surface area (Å²) in [6, 6.07) is 4.32. The molecule has 0 radical (unpaired) electrons. The highest BCUT2D eigenvalue weighted by Gasteiger charge is 2.28. The second kappa shape index (κ2) is 4.49. The van der Waals surface area contributed by atoms with Gasteiger partial charge in [0.05, 0.1) is 0 Å². The fraction of sp³-hybridized carbons (Fsp3) is 0.364. The zero-order valence-corrected chi connectivity index (χ0v) is 9.16. The molecule has 0 saturated carbocycles. The molecule has 0 aromatic heterocycles. The lowest BCUT2D eigenvalue weighted by Gasteiger charge is -2.19. The smallest absolute Gasteiger partial charge is 0.326 e. The first-order valence-corrected chi connectivity index (χ1v) is 4.74. The third-order valence-corrected chi connectivity index (χ3v) is 2.17. The third kappa shape index (κ3) is 2.93. The van der Waals surface area contributed by atoms with Gasteiger partial charge in [-0.2, -0.15) is 0 Å². The first-order chi connectivity index (χ1) is 7.33. The molecule has 16 heavy (non-hydrogen) atoms. The van der Waals surface area contributed by atoms with Crippen molar-refractivity contribution < 1.29 is 19.0 Å². The lowest BCUT2D eigenvalue weighted by Crippen LogP contribution is -2.49. The molecule has 1 aromatic carbocycles. The van der Waals surface area contributed by atoms with Crippen molar-refractivity contribution in [3.63, 3.8) is 0 Å². The summed E-state index contributed by atoms with van der Waals surface area (Å²) >= 11 is 0. The number of hydrogen-bond donors (Lipinski definition) is 2. The van der Waals surface area contributed by atoms with Gasteiger partial charge < -0.3 is 15.6 Å². The minimum atomic E-state index is -1.48.